The molecule has 6 amide bonds. The Morgan fingerprint density at radius 2 is 0.750 bits per heavy atom. The highest BCUT2D eigenvalue weighted by molar-refractivity contribution is 7.80. The Morgan fingerprint density at radius 3 is 0.891 bits per heavy atom. The van der Waals surface area contributed by atoms with Gasteiger partial charge in [0.25, 0.3) is 0 Å². The minimum Gasteiger partial charge on any atom is -0.396 e. The average Bonchev–Trinajstić information content (AvgIpc) is 3.06. The molecule has 14 nitrogen and oxygen atoms in total. The molecule has 0 heterocycles. The topological polar surface area (TPSA) is 162 Å². The minimum atomic E-state index is -0.602. The summed E-state index contributed by atoms with van der Waals surface area (Å²) in [4.78, 5) is 79.0. The van der Waals surface area contributed by atoms with Crippen molar-refractivity contribution in [2.75, 3.05) is 96.9 Å². The molecule has 64 heavy (non-hydrogen) atoms. The van der Waals surface area contributed by atoms with Crippen LogP contribution in [0.1, 0.15) is 130 Å². The van der Waals surface area contributed by atoms with E-state index in [2.05, 4.69) is 54.2 Å². The van der Waals surface area contributed by atoms with E-state index < -0.39 is 6.10 Å². The maximum Gasteiger partial charge on any atom is 0.228 e. The van der Waals surface area contributed by atoms with Gasteiger partial charge in [-0.2, -0.15) is 12.6 Å². The van der Waals surface area contributed by atoms with Gasteiger partial charge in [0.1, 0.15) is 0 Å². The van der Waals surface area contributed by atoms with E-state index in [1.807, 2.05) is 62.3 Å². The molecule has 0 spiro atoms. The Morgan fingerprint density at radius 1 is 0.453 bits per heavy atom. The van der Waals surface area contributed by atoms with E-state index in [-0.39, 0.29) is 92.8 Å². The standard InChI is InChI=1S/C13H26N2O2.C10H21NO2.C9H19NO2.C9H19NOS.C8H17NO/c1-13(2,3)10(12(17)15(6)7)8-9-11(16)14(4)5;1-7(12)8(10(2,3)4)9(13)11(5)6;1-9(2,3)7(6-11)8(12)10(4)5;1-9(2,3)7(6-12)8(11)10(4)5;1-8(2,3)6-7(10)9(4)5/h10H,8-9H2,1-7H3;7-8,12H,1-6H3;7,11H,6H2,1-5H3;7,12H,6H2,1-5H3;6H2,1-5H3. The molecule has 382 valence electrons. The Balaban J connectivity index is -0.000000229. The van der Waals surface area contributed by atoms with Gasteiger partial charge in [0, 0.05) is 109 Å². The Bertz CT molecular complexity index is 1340. The minimum absolute atomic E-state index is 0.00308. The normalized spacial score (nSPS) is 13.9. The number of aliphatic hydroxyl groups excluding tert-OH is 2. The fraction of sp³-hybridized carbons (Fsp3) is 0.878. The Kier molecular flexibility index (Phi) is 33.3. The van der Waals surface area contributed by atoms with Crippen molar-refractivity contribution in [3.05, 3.63) is 0 Å². The van der Waals surface area contributed by atoms with Gasteiger partial charge in [-0.3, -0.25) is 28.8 Å². The Hall–Kier alpha value is -2.91. The van der Waals surface area contributed by atoms with Crippen molar-refractivity contribution in [3.8, 4) is 0 Å². The zero-order valence-corrected chi connectivity index (χ0v) is 47.3. The number of hydrogen-bond donors (Lipinski definition) is 3. The number of nitrogens with zero attached hydrogens (tertiary/aromatic N) is 6. The van der Waals surface area contributed by atoms with Crippen LogP contribution in [-0.4, -0.2) is 178 Å². The highest BCUT2D eigenvalue weighted by Gasteiger charge is 2.36. The van der Waals surface area contributed by atoms with Crippen molar-refractivity contribution in [2.24, 2.45) is 50.7 Å². The van der Waals surface area contributed by atoms with Crippen molar-refractivity contribution < 1.29 is 39.0 Å². The summed E-state index contributed by atoms with van der Waals surface area (Å²) in [5, 5.41) is 18.6. The summed E-state index contributed by atoms with van der Waals surface area (Å²) in [6.07, 6.45) is 1.06. The summed E-state index contributed by atoms with van der Waals surface area (Å²) < 4.78 is 0. The van der Waals surface area contributed by atoms with Gasteiger partial charge in [0.05, 0.1) is 30.5 Å². The molecule has 0 rings (SSSR count). The highest BCUT2D eigenvalue weighted by Crippen LogP contribution is 2.32. The van der Waals surface area contributed by atoms with Crippen LogP contribution in [0.3, 0.4) is 0 Å². The largest absolute Gasteiger partial charge is 0.396 e. The molecular formula is C49H102N6O8S. The SMILES string of the molecule is CC(O)C(C(=O)N(C)C)C(C)(C)C.CN(C)C(=O)C(CO)C(C)(C)C.CN(C)C(=O)C(CS)C(C)(C)C.CN(C)C(=O)CC(C)(C)C.CN(C)C(=O)CCC(C(=O)N(C)C)C(C)(C)C. The zero-order chi connectivity index (χ0) is 52.9. The molecule has 0 aliphatic carbocycles. The summed E-state index contributed by atoms with van der Waals surface area (Å²) in [7, 11) is 21.0. The van der Waals surface area contributed by atoms with Gasteiger partial charge in [0.2, 0.25) is 35.4 Å². The Labute approximate surface area is 399 Å². The summed E-state index contributed by atoms with van der Waals surface area (Å²) in [5.41, 5.74) is -0.371. The quantitative estimate of drug-likeness (QED) is 0.195. The lowest BCUT2D eigenvalue weighted by Gasteiger charge is -2.33. The number of amides is 6. The lowest BCUT2D eigenvalue weighted by molar-refractivity contribution is -0.141. The lowest BCUT2D eigenvalue weighted by atomic mass is 9.77. The number of carbonyl (C=O) groups excluding carboxylic acids is 6. The number of thiol groups is 1. The number of hydrogen-bond acceptors (Lipinski definition) is 9. The molecule has 0 aliphatic rings. The summed E-state index contributed by atoms with van der Waals surface area (Å²) in [5.74, 6) is 0.403. The van der Waals surface area contributed by atoms with Crippen molar-refractivity contribution >= 4 is 48.1 Å². The van der Waals surface area contributed by atoms with Gasteiger partial charge in [-0.15, -0.1) is 0 Å². The lowest BCUT2D eigenvalue weighted by Crippen LogP contribution is -2.43. The highest BCUT2D eigenvalue weighted by atomic mass is 32.1. The van der Waals surface area contributed by atoms with E-state index in [1.54, 1.807) is 111 Å². The van der Waals surface area contributed by atoms with Gasteiger partial charge >= 0.3 is 0 Å². The van der Waals surface area contributed by atoms with Gasteiger partial charge in [-0.1, -0.05) is 104 Å². The molecule has 0 aromatic heterocycles. The van der Waals surface area contributed by atoms with E-state index >= 15 is 0 Å². The first-order chi connectivity index (χ1) is 28.2. The van der Waals surface area contributed by atoms with Gasteiger partial charge in [0.15, 0.2) is 0 Å². The van der Waals surface area contributed by atoms with Crippen LogP contribution in [0.4, 0.5) is 0 Å². The van der Waals surface area contributed by atoms with Crippen LogP contribution in [0.15, 0.2) is 0 Å². The molecule has 0 saturated heterocycles. The van der Waals surface area contributed by atoms with Gasteiger partial charge in [-0.25, -0.2) is 0 Å². The predicted molar refractivity (Wildman–Crippen MR) is 270 cm³/mol. The number of rotatable bonds is 11. The molecule has 15 heteroatoms. The zero-order valence-electron chi connectivity index (χ0n) is 46.4. The fourth-order valence-electron chi connectivity index (χ4n) is 5.99. The van der Waals surface area contributed by atoms with Crippen molar-refractivity contribution in [1.29, 1.82) is 0 Å². The van der Waals surface area contributed by atoms with Crippen LogP contribution < -0.4 is 0 Å². The van der Waals surface area contributed by atoms with Crippen molar-refractivity contribution in [1.82, 2.24) is 29.4 Å². The molecule has 0 aliphatic heterocycles. The van der Waals surface area contributed by atoms with Crippen LogP contribution in [0.25, 0.3) is 0 Å². The molecule has 0 aromatic rings. The molecular weight excluding hydrogens is 833 g/mol. The predicted octanol–water partition coefficient (Wildman–Crippen LogP) is 6.63. The van der Waals surface area contributed by atoms with E-state index in [9.17, 15) is 33.9 Å². The van der Waals surface area contributed by atoms with E-state index in [0.717, 1.165) is 0 Å². The smallest absolute Gasteiger partial charge is 0.228 e. The third-order valence-electron chi connectivity index (χ3n) is 10.2. The van der Waals surface area contributed by atoms with Crippen LogP contribution in [0.5, 0.6) is 0 Å². The first-order valence-electron chi connectivity index (χ1n) is 22.3. The summed E-state index contributed by atoms with van der Waals surface area (Å²) in [6.45, 7) is 31.8. The van der Waals surface area contributed by atoms with Crippen LogP contribution in [0.2, 0.25) is 0 Å². The molecule has 0 fully saturated rings. The molecule has 2 N–H and O–H groups in total. The second-order valence-electron chi connectivity index (χ2n) is 23.5. The monoisotopic (exact) mass is 935 g/mol. The van der Waals surface area contributed by atoms with Crippen LogP contribution in [-0.2, 0) is 28.8 Å². The maximum atomic E-state index is 12.1. The van der Waals surface area contributed by atoms with E-state index in [0.29, 0.717) is 25.0 Å². The van der Waals surface area contributed by atoms with Crippen molar-refractivity contribution in [2.45, 2.75) is 136 Å². The molecule has 0 saturated carbocycles. The first kappa shape index (κ1) is 70.1. The third-order valence-corrected chi connectivity index (χ3v) is 10.5. The third kappa shape index (κ3) is 31.9. The molecule has 5 unspecified atom stereocenters. The summed E-state index contributed by atoms with van der Waals surface area (Å²) in [6, 6.07) is 0. The van der Waals surface area contributed by atoms with E-state index in [1.165, 1.54) is 9.80 Å². The molecule has 0 radical (unpaired) electrons. The van der Waals surface area contributed by atoms with Crippen LogP contribution in [0, 0.1) is 50.7 Å². The number of carbonyl (C=O) groups is 6. The second kappa shape index (κ2) is 30.4. The number of aliphatic hydroxyl groups is 2. The molecule has 0 aromatic carbocycles. The molecule has 0 bridgehead atoms. The van der Waals surface area contributed by atoms with Gasteiger partial charge in [-0.05, 0) is 40.4 Å². The van der Waals surface area contributed by atoms with Crippen molar-refractivity contribution in [3.63, 3.8) is 0 Å². The summed E-state index contributed by atoms with van der Waals surface area (Å²) >= 11 is 4.20. The first-order valence-corrected chi connectivity index (χ1v) is 23.0. The fourth-order valence-corrected chi connectivity index (χ4v) is 6.69. The maximum absolute atomic E-state index is 12.1. The second-order valence-corrected chi connectivity index (χ2v) is 23.9. The van der Waals surface area contributed by atoms with Gasteiger partial charge < -0.3 is 39.6 Å². The molecule has 5 atom stereocenters. The average molecular weight is 935 g/mol. The van der Waals surface area contributed by atoms with E-state index in [4.69, 9.17) is 5.11 Å². The van der Waals surface area contributed by atoms with Crippen LogP contribution >= 0.6 is 12.6 Å².